The number of primary amides is 1. The van der Waals surface area contributed by atoms with Crippen molar-refractivity contribution >= 4 is 98.2 Å². The number of benzene rings is 1. The molecule has 2 aromatic rings. The summed E-state index contributed by atoms with van der Waals surface area (Å²) in [5, 5.41) is 44.4. The maximum Gasteiger partial charge on any atom is 0.243 e. The number of imide groups is 1. The van der Waals surface area contributed by atoms with Crippen molar-refractivity contribution in [3.8, 4) is 5.75 Å². The highest BCUT2D eigenvalue weighted by Gasteiger charge is 2.45. The van der Waals surface area contributed by atoms with Gasteiger partial charge in [-0.15, -0.1) is 0 Å². The molecule has 0 radical (unpaired) electrons. The molecule has 0 aliphatic carbocycles. The molecule has 2 unspecified atom stereocenters. The van der Waals surface area contributed by atoms with Gasteiger partial charge in [0.25, 0.3) is 0 Å². The summed E-state index contributed by atoms with van der Waals surface area (Å²) in [7, 11) is -2.34. The number of fused-ring (bicyclic) bond motifs is 5. The number of aromatic nitrogens is 1. The van der Waals surface area contributed by atoms with Crippen molar-refractivity contribution in [1.29, 1.82) is 0 Å². The molecule has 9 amide bonds. The average Bonchev–Trinajstić information content (AvgIpc) is 4.15. The van der Waals surface area contributed by atoms with Crippen LogP contribution >= 0.6 is 11.8 Å². The Morgan fingerprint density at radius 3 is 2.23 bits per heavy atom. The molecule has 2 fully saturated rings. The normalized spacial score (nSPS) is 27.6. The summed E-state index contributed by atoms with van der Waals surface area (Å²) in [5.41, 5.74) is 6.12. The fourth-order valence-corrected chi connectivity index (χ4v) is 12.4. The highest BCUT2D eigenvalue weighted by Crippen LogP contribution is 2.33. The summed E-state index contributed by atoms with van der Waals surface area (Å²) < 4.78 is 21.2. The first-order valence-corrected chi connectivity index (χ1v) is 29.2. The van der Waals surface area contributed by atoms with Gasteiger partial charge in [0.2, 0.25) is 53.2 Å². The number of aromatic amines is 1. The number of aliphatic hydroxyl groups excluding tert-OH is 3. The van der Waals surface area contributed by atoms with Crippen LogP contribution in [0, 0.1) is 23.7 Å². The number of rotatable bonds is 16. The zero-order valence-electron chi connectivity index (χ0n) is 44.7. The SMILES string of the molecule is CC[C@H](C)[C@@H]1NC(=O)CNC(=O)[C@@H]2CC(=O)[C@H]([C@@H](C)[C@@H](O)CO)NC(=O)[C@@H]3C[C@@H](O)CN3C(=O)[C@H](CC(N)=O)CC(=O)[C@H](CS(=O)c3[nH]c4cc(OCCCCCCN5C(=O)CC(SC)C5=O)ccc4c3C2)NC(=O)CNC1=O. The molecule has 2 saturated heterocycles. The Morgan fingerprint density at radius 2 is 1.56 bits per heavy atom. The van der Waals surface area contributed by atoms with E-state index in [0.29, 0.717) is 48.9 Å². The lowest BCUT2D eigenvalue weighted by Crippen LogP contribution is -2.56. The summed E-state index contributed by atoms with van der Waals surface area (Å²) in [4.78, 5) is 157. The number of nitrogens with one attached hydrogen (secondary N) is 6. The van der Waals surface area contributed by atoms with Crippen molar-refractivity contribution in [2.75, 3.05) is 51.4 Å². The van der Waals surface area contributed by atoms with Gasteiger partial charge in [-0.2, -0.15) is 11.8 Å². The number of carbonyl (C=O) groups is 11. The topological polar surface area (TPSA) is 383 Å². The Kier molecular flexibility index (Phi) is 22.1. The summed E-state index contributed by atoms with van der Waals surface area (Å²) in [6, 6.07) is -1.27. The zero-order valence-corrected chi connectivity index (χ0v) is 46.4. The third-order valence-corrected chi connectivity index (χ3v) is 17.5. The number of unbranched alkanes of at least 4 members (excludes halogenated alkanes) is 3. The van der Waals surface area contributed by atoms with Gasteiger partial charge in [0.05, 0.1) is 83.8 Å². The molecule has 1 aromatic heterocycles. The van der Waals surface area contributed by atoms with Gasteiger partial charge < -0.3 is 62.3 Å². The highest BCUT2D eigenvalue weighted by molar-refractivity contribution is 8.00. The maximum absolute atomic E-state index is 15.1. The molecule has 5 heterocycles. The number of nitrogens with zero attached hydrogens (tertiary/aromatic N) is 2. The van der Waals surface area contributed by atoms with Crippen molar-refractivity contribution in [2.45, 2.75) is 138 Å². The van der Waals surface area contributed by atoms with Crippen LogP contribution in [0.15, 0.2) is 23.2 Å². The maximum atomic E-state index is 15.1. The Balaban J connectivity index is 1.42. The minimum Gasteiger partial charge on any atom is -0.494 e. The van der Waals surface area contributed by atoms with Crippen LogP contribution in [0.2, 0.25) is 0 Å². The van der Waals surface area contributed by atoms with E-state index in [1.165, 1.54) is 23.6 Å². The number of hydrogen-bond donors (Lipinski definition) is 10. The standard InChI is InChI=1S/C52H73N9O16S2/c1-5-26(2)45-49(73)55-21-42(68)56-35-25-79(76)50-33(32-11-10-31(19-34(32)57-50)77-13-9-7-6-8-12-60-44(70)20-40(78-4)52(60)75)14-28(47(71)54-22-43(69)58-45)15-38(65)46(27(3)39(66)24-62)59-48(72)36-18-30(63)23-61(36)51(74)29(16-37(35)64)17-41(53)67/h10-11,19,26-30,35-36,39-40,45-46,57,62-63,66H,5-9,12-18,20-25H2,1-4H3,(H2,53,67)(H,54,71)(H,55,73)(H,56,68)(H,58,69)(H,59,72)/t26-,27-,28-,29-,30+,35-,36-,39-,40?,45-,46-,79?/m0/s1. The van der Waals surface area contributed by atoms with Crippen LogP contribution in [0.5, 0.6) is 5.75 Å². The summed E-state index contributed by atoms with van der Waals surface area (Å²) in [6.07, 6.45) is -0.977. The van der Waals surface area contributed by atoms with Crippen LogP contribution in [0.3, 0.4) is 0 Å². The van der Waals surface area contributed by atoms with Crippen molar-refractivity contribution in [3.63, 3.8) is 0 Å². The predicted molar refractivity (Wildman–Crippen MR) is 286 cm³/mol. The van der Waals surface area contributed by atoms with Crippen LogP contribution in [-0.2, 0) is 70.0 Å². The molecule has 79 heavy (non-hydrogen) atoms. The molecular formula is C52H73N9O16S2. The number of ketones is 2. The third-order valence-electron chi connectivity index (χ3n) is 15.1. The first-order valence-electron chi connectivity index (χ1n) is 26.6. The molecule has 25 nitrogen and oxygen atoms in total. The summed E-state index contributed by atoms with van der Waals surface area (Å²) >= 11 is 1.35. The fraction of sp³-hybridized carbons (Fsp3) is 0.635. The second-order valence-electron chi connectivity index (χ2n) is 20.8. The van der Waals surface area contributed by atoms with E-state index < -0.39 is 181 Å². The lowest BCUT2D eigenvalue weighted by molar-refractivity contribution is -0.145. The van der Waals surface area contributed by atoms with Gasteiger partial charge in [-0.05, 0) is 49.1 Å². The van der Waals surface area contributed by atoms with Gasteiger partial charge in [0, 0.05) is 68.5 Å². The molecule has 0 saturated carbocycles. The molecule has 11 N–H and O–H groups in total. The van der Waals surface area contributed by atoms with E-state index in [9.17, 15) is 68.1 Å². The number of ether oxygens (including phenoxy) is 1. The molecule has 434 valence electrons. The van der Waals surface area contributed by atoms with Gasteiger partial charge >= 0.3 is 0 Å². The molecule has 4 aliphatic rings. The number of likely N-dealkylation sites (tertiary alicyclic amines) is 1. The van der Waals surface area contributed by atoms with E-state index in [1.54, 1.807) is 38.3 Å². The van der Waals surface area contributed by atoms with E-state index in [1.807, 2.05) is 0 Å². The average molecular weight is 1140 g/mol. The molecule has 27 heteroatoms. The van der Waals surface area contributed by atoms with Crippen LogP contribution in [0.25, 0.3) is 10.9 Å². The molecule has 12 atom stereocenters. The molecule has 1 aromatic carbocycles. The third kappa shape index (κ3) is 15.8. The lowest BCUT2D eigenvalue weighted by atomic mass is 9.85. The number of H-pyrrole nitrogens is 1. The highest BCUT2D eigenvalue weighted by atomic mass is 32.2. The Hall–Kier alpha value is -6.29. The largest absolute Gasteiger partial charge is 0.494 e. The van der Waals surface area contributed by atoms with Crippen LogP contribution in [0.1, 0.15) is 90.5 Å². The van der Waals surface area contributed by atoms with Gasteiger partial charge in [-0.1, -0.05) is 40.0 Å². The number of aliphatic hydroxyl groups is 3. The number of amides is 9. The zero-order chi connectivity index (χ0) is 57.8. The van der Waals surface area contributed by atoms with Crippen LogP contribution < -0.4 is 37.1 Å². The first kappa shape index (κ1) is 61.9. The van der Waals surface area contributed by atoms with Crippen molar-refractivity contribution in [2.24, 2.45) is 29.4 Å². The number of thioether (sulfide) groups is 1. The smallest absolute Gasteiger partial charge is 0.243 e. The number of carbonyl (C=O) groups excluding carboxylic acids is 11. The van der Waals surface area contributed by atoms with Gasteiger partial charge in [-0.3, -0.25) is 61.8 Å². The Labute approximate surface area is 463 Å². The summed E-state index contributed by atoms with van der Waals surface area (Å²) in [5.74, 6) is -13.7. The minimum absolute atomic E-state index is 0.0690. The minimum atomic E-state index is -2.34. The van der Waals surface area contributed by atoms with E-state index in [4.69, 9.17) is 10.5 Å². The van der Waals surface area contributed by atoms with Gasteiger partial charge in [0.1, 0.15) is 22.9 Å². The van der Waals surface area contributed by atoms with E-state index >= 15 is 4.21 Å². The molecule has 0 spiro atoms. The number of Topliss-reactive ketones (excluding diaryl/α,β-unsaturated/α-hetero) is 2. The quantitative estimate of drug-likeness (QED) is 0.0641. The Bertz CT molecular complexity index is 2690. The van der Waals surface area contributed by atoms with E-state index in [-0.39, 0.29) is 47.1 Å². The lowest BCUT2D eigenvalue weighted by Gasteiger charge is -2.32. The monoisotopic (exact) mass is 1140 g/mol. The van der Waals surface area contributed by atoms with Gasteiger partial charge in [0.15, 0.2) is 11.6 Å². The van der Waals surface area contributed by atoms with Crippen molar-refractivity contribution < 1.29 is 77.0 Å². The van der Waals surface area contributed by atoms with E-state index in [2.05, 4.69) is 31.6 Å². The molecule has 4 aliphatic heterocycles. The number of hydrogen-bond acceptors (Lipinski definition) is 17. The van der Waals surface area contributed by atoms with Crippen molar-refractivity contribution in [3.05, 3.63) is 23.8 Å². The second-order valence-corrected chi connectivity index (χ2v) is 23.3. The fourth-order valence-electron chi connectivity index (χ4n) is 10.3. The first-order chi connectivity index (χ1) is 37.5. The molecular weight excluding hydrogens is 1070 g/mol. The Morgan fingerprint density at radius 1 is 0.861 bits per heavy atom. The van der Waals surface area contributed by atoms with Gasteiger partial charge in [-0.25, -0.2) is 0 Å². The van der Waals surface area contributed by atoms with E-state index in [0.717, 1.165) is 11.3 Å². The number of nitrogens with two attached hydrogens (primary N) is 1. The second kappa shape index (κ2) is 28.2. The van der Waals surface area contributed by atoms with Crippen LogP contribution in [-0.4, -0.2) is 192 Å². The summed E-state index contributed by atoms with van der Waals surface area (Å²) in [6.45, 7) is 2.58. The van der Waals surface area contributed by atoms with Crippen LogP contribution in [0.4, 0.5) is 0 Å². The predicted octanol–water partition coefficient (Wildman–Crippen LogP) is -2.01. The molecule has 2 bridgehead atoms. The van der Waals surface area contributed by atoms with Crippen molar-refractivity contribution in [1.82, 2.24) is 41.4 Å². The molecule has 6 rings (SSSR count).